The Labute approximate surface area is 169 Å². The number of imidazole rings is 1. The van der Waals surface area contributed by atoms with Gasteiger partial charge in [-0.15, -0.1) is 0 Å². The third-order valence-corrected chi connectivity index (χ3v) is 5.64. The van der Waals surface area contributed by atoms with Gasteiger partial charge in [0, 0.05) is 31.7 Å². The van der Waals surface area contributed by atoms with Crippen LogP contribution in [0.4, 0.5) is 5.95 Å². The van der Waals surface area contributed by atoms with E-state index in [2.05, 4.69) is 26.2 Å². The summed E-state index contributed by atoms with van der Waals surface area (Å²) in [4.78, 5) is 29.8. The maximum atomic E-state index is 12.9. The Balaban J connectivity index is 1.82. The Kier molecular flexibility index (Phi) is 5.11. The first-order valence-corrected chi connectivity index (χ1v) is 10.0. The molecule has 0 amide bonds. The molecule has 0 bridgehead atoms. The van der Waals surface area contributed by atoms with Crippen LogP contribution < -0.4 is 16.6 Å². The van der Waals surface area contributed by atoms with Crippen molar-refractivity contribution in [2.24, 2.45) is 14.1 Å². The SMILES string of the molecule is Cn1c(=O)c2c(nc(NC[C@H]3CCCO3)n2Cc2ccc(Br)cc2)n(C)c1=O. The predicted octanol–water partition coefficient (Wildman–Crippen LogP) is 1.84. The number of benzene rings is 1. The predicted molar refractivity (Wildman–Crippen MR) is 111 cm³/mol. The van der Waals surface area contributed by atoms with Crippen molar-refractivity contribution in [3.8, 4) is 0 Å². The van der Waals surface area contributed by atoms with Crippen molar-refractivity contribution in [3.63, 3.8) is 0 Å². The number of aryl methyl sites for hydroxylation is 1. The molecule has 8 nitrogen and oxygen atoms in total. The number of ether oxygens (including phenoxy) is 1. The molecule has 9 heteroatoms. The molecule has 28 heavy (non-hydrogen) atoms. The first-order valence-electron chi connectivity index (χ1n) is 9.22. The lowest BCUT2D eigenvalue weighted by Gasteiger charge is -2.14. The number of fused-ring (bicyclic) bond motifs is 1. The number of rotatable bonds is 5. The molecule has 1 fully saturated rings. The van der Waals surface area contributed by atoms with E-state index in [1.807, 2.05) is 28.8 Å². The van der Waals surface area contributed by atoms with Crippen LogP contribution in [0.15, 0.2) is 38.3 Å². The van der Waals surface area contributed by atoms with E-state index in [4.69, 9.17) is 4.74 Å². The highest BCUT2D eigenvalue weighted by Gasteiger charge is 2.21. The van der Waals surface area contributed by atoms with Gasteiger partial charge in [-0.2, -0.15) is 4.98 Å². The van der Waals surface area contributed by atoms with Crippen LogP contribution in [0.3, 0.4) is 0 Å². The fraction of sp³-hybridized carbons (Fsp3) is 0.421. The fourth-order valence-corrected chi connectivity index (χ4v) is 3.78. The average molecular weight is 448 g/mol. The number of aromatic nitrogens is 4. The van der Waals surface area contributed by atoms with Crippen LogP contribution in [0.25, 0.3) is 11.2 Å². The molecular weight excluding hydrogens is 426 g/mol. The van der Waals surface area contributed by atoms with Gasteiger partial charge in [-0.3, -0.25) is 18.5 Å². The van der Waals surface area contributed by atoms with Crippen LogP contribution in [0.2, 0.25) is 0 Å². The Morgan fingerprint density at radius 1 is 1.21 bits per heavy atom. The highest BCUT2D eigenvalue weighted by molar-refractivity contribution is 9.10. The molecule has 1 aliphatic heterocycles. The van der Waals surface area contributed by atoms with Gasteiger partial charge in [0.05, 0.1) is 12.6 Å². The molecule has 0 aliphatic carbocycles. The summed E-state index contributed by atoms with van der Waals surface area (Å²) >= 11 is 3.44. The lowest BCUT2D eigenvalue weighted by atomic mass is 10.2. The van der Waals surface area contributed by atoms with Crippen LogP contribution in [-0.2, 0) is 25.4 Å². The topological polar surface area (TPSA) is 83.1 Å². The van der Waals surface area contributed by atoms with Gasteiger partial charge in [-0.1, -0.05) is 28.1 Å². The molecule has 3 aromatic rings. The average Bonchev–Trinajstić information content (AvgIpc) is 3.33. The van der Waals surface area contributed by atoms with E-state index in [0.717, 1.165) is 34.1 Å². The maximum Gasteiger partial charge on any atom is 0.332 e. The molecule has 0 radical (unpaired) electrons. The summed E-state index contributed by atoms with van der Waals surface area (Å²) in [5.41, 5.74) is 1.06. The number of nitrogens with one attached hydrogen (secondary N) is 1. The van der Waals surface area contributed by atoms with Crippen molar-refractivity contribution in [2.75, 3.05) is 18.5 Å². The molecule has 1 aliphatic rings. The lowest BCUT2D eigenvalue weighted by molar-refractivity contribution is 0.120. The van der Waals surface area contributed by atoms with Crippen LogP contribution in [0.5, 0.6) is 0 Å². The second-order valence-electron chi connectivity index (χ2n) is 7.04. The molecule has 2 aromatic heterocycles. The quantitative estimate of drug-likeness (QED) is 0.644. The lowest BCUT2D eigenvalue weighted by Crippen LogP contribution is -2.37. The number of nitrogens with zero attached hydrogens (tertiary/aromatic N) is 4. The highest BCUT2D eigenvalue weighted by Crippen LogP contribution is 2.20. The standard InChI is InChI=1S/C19H22BrN5O3/c1-23-16-15(17(26)24(2)19(23)27)25(11-12-5-7-13(20)8-6-12)18(22-16)21-10-14-4-3-9-28-14/h5-8,14H,3-4,9-11H2,1-2H3,(H,21,22)/t14-/m1/s1. The summed E-state index contributed by atoms with van der Waals surface area (Å²) in [7, 11) is 3.12. The van der Waals surface area contributed by atoms with Gasteiger partial charge in [0.25, 0.3) is 5.56 Å². The first kappa shape index (κ1) is 18.9. The van der Waals surface area contributed by atoms with E-state index in [0.29, 0.717) is 30.2 Å². The number of hydrogen-bond donors (Lipinski definition) is 1. The molecule has 148 valence electrons. The smallest absolute Gasteiger partial charge is 0.332 e. The molecule has 1 saturated heterocycles. The first-order chi connectivity index (χ1) is 13.5. The van der Waals surface area contributed by atoms with E-state index in [9.17, 15) is 9.59 Å². The molecule has 0 spiro atoms. The van der Waals surface area contributed by atoms with Gasteiger partial charge in [0.2, 0.25) is 5.95 Å². The van der Waals surface area contributed by atoms with Crippen molar-refractivity contribution in [2.45, 2.75) is 25.5 Å². The van der Waals surface area contributed by atoms with Gasteiger partial charge < -0.3 is 10.1 Å². The van der Waals surface area contributed by atoms with Crippen LogP contribution >= 0.6 is 15.9 Å². The third-order valence-electron chi connectivity index (χ3n) is 5.11. The molecule has 1 atom stereocenters. The summed E-state index contributed by atoms with van der Waals surface area (Å²) in [6.45, 7) is 1.85. The second-order valence-corrected chi connectivity index (χ2v) is 7.96. The second kappa shape index (κ2) is 7.56. The number of halogens is 1. The fourth-order valence-electron chi connectivity index (χ4n) is 3.52. The normalized spacial score (nSPS) is 16.8. The Bertz CT molecular complexity index is 1120. The molecule has 1 N–H and O–H groups in total. The molecule has 3 heterocycles. The molecule has 4 rings (SSSR count). The van der Waals surface area contributed by atoms with E-state index >= 15 is 0 Å². The van der Waals surface area contributed by atoms with Gasteiger partial charge in [-0.25, -0.2) is 4.79 Å². The van der Waals surface area contributed by atoms with Gasteiger partial charge >= 0.3 is 5.69 Å². The molecule has 0 unspecified atom stereocenters. The minimum atomic E-state index is -0.392. The molecule has 0 saturated carbocycles. The summed E-state index contributed by atoms with van der Waals surface area (Å²) < 4.78 is 11.0. The van der Waals surface area contributed by atoms with E-state index in [1.54, 1.807) is 7.05 Å². The Morgan fingerprint density at radius 3 is 2.64 bits per heavy atom. The molecule has 1 aromatic carbocycles. The van der Waals surface area contributed by atoms with Crippen LogP contribution in [0.1, 0.15) is 18.4 Å². The zero-order chi connectivity index (χ0) is 19.8. The van der Waals surface area contributed by atoms with E-state index < -0.39 is 5.69 Å². The summed E-state index contributed by atoms with van der Waals surface area (Å²) in [5.74, 6) is 0.562. The number of hydrogen-bond acceptors (Lipinski definition) is 5. The van der Waals surface area contributed by atoms with Crippen molar-refractivity contribution in [1.29, 1.82) is 0 Å². The summed E-state index contributed by atoms with van der Waals surface area (Å²) in [5, 5.41) is 3.32. The summed E-state index contributed by atoms with van der Waals surface area (Å²) in [6.07, 6.45) is 2.18. The van der Waals surface area contributed by atoms with E-state index in [1.165, 1.54) is 11.6 Å². The molecular formula is C19H22BrN5O3. The van der Waals surface area contributed by atoms with Crippen molar-refractivity contribution < 1.29 is 4.74 Å². The van der Waals surface area contributed by atoms with Gasteiger partial charge in [0.15, 0.2) is 11.2 Å². The largest absolute Gasteiger partial charge is 0.376 e. The van der Waals surface area contributed by atoms with E-state index in [-0.39, 0.29) is 11.7 Å². The monoisotopic (exact) mass is 447 g/mol. The van der Waals surface area contributed by atoms with Gasteiger partial charge in [-0.05, 0) is 30.5 Å². The van der Waals surface area contributed by atoms with Crippen molar-refractivity contribution in [3.05, 3.63) is 55.1 Å². The minimum Gasteiger partial charge on any atom is -0.376 e. The maximum absolute atomic E-state index is 12.9. The van der Waals surface area contributed by atoms with Crippen molar-refractivity contribution in [1.82, 2.24) is 18.7 Å². The third kappa shape index (κ3) is 3.40. The number of anilines is 1. The Morgan fingerprint density at radius 2 is 1.96 bits per heavy atom. The summed E-state index contributed by atoms with van der Waals surface area (Å²) in [6, 6.07) is 7.90. The highest BCUT2D eigenvalue weighted by atomic mass is 79.9. The van der Waals surface area contributed by atoms with Gasteiger partial charge in [0.1, 0.15) is 0 Å². The zero-order valence-corrected chi connectivity index (χ0v) is 17.4. The Hall–Kier alpha value is -2.39. The van der Waals surface area contributed by atoms with Crippen LogP contribution in [-0.4, -0.2) is 37.9 Å². The van der Waals surface area contributed by atoms with Crippen molar-refractivity contribution >= 4 is 33.0 Å². The van der Waals surface area contributed by atoms with Crippen LogP contribution in [0, 0.1) is 0 Å². The zero-order valence-electron chi connectivity index (χ0n) is 15.8. The minimum absolute atomic E-state index is 0.132.